The molecular formula is C18H19NO6. The summed E-state index contributed by atoms with van der Waals surface area (Å²) in [5, 5.41) is 0. The van der Waals surface area contributed by atoms with Gasteiger partial charge in [0.05, 0.1) is 17.5 Å². The van der Waals surface area contributed by atoms with E-state index in [9.17, 15) is 14.4 Å². The van der Waals surface area contributed by atoms with Crippen LogP contribution in [0.1, 0.15) is 12.5 Å². The molecule has 3 saturated heterocycles. The van der Waals surface area contributed by atoms with Gasteiger partial charge in [0, 0.05) is 14.0 Å². The molecule has 2 bridgehead atoms. The number of aryl methyl sites for hydroxylation is 1. The van der Waals surface area contributed by atoms with Gasteiger partial charge in [-0.15, -0.1) is 0 Å². The summed E-state index contributed by atoms with van der Waals surface area (Å²) in [6.45, 7) is 3.24. The Labute approximate surface area is 144 Å². The molecule has 6 atom stereocenters. The van der Waals surface area contributed by atoms with Gasteiger partial charge in [-0.25, -0.2) is 4.90 Å². The first-order chi connectivity index (χ1) is 11.9. The minimum Gasteiger partial charge on any atom is -0.457 e. The Kier molecular flexibility index (Phi) is 3.66. The van der Waals surface area contributed by atoms with Crippen molar-refractivity contribution in [1.29, 1.82) is 0 Å². The number of methoxy groups -OCH3 is 1. The second-order valence-electron chi connectivity index (χ2n) is 6.74. The van der Waals surface area contributed by atoms with Crippen molar-refractivity contribution in [2.45, 2.75) is 38.3 Å². The fourth-order valence-corrected chi connectivity index (χ4v) is 4.23. The van der Waals surface area contributed by atoms with Crippen molar-refractivity contribution in [2.24, 2.45) is 11.8 Å². The third-order valence-corrected chi connectivity index (χ3v) is 5.26. The van der Waals surface area contributed by atoms with Crippen LogP contribution in [-0.2, 0) is 28.6 Å². The molecule has 7 nitrogen and oxygen atoms in total. The zero-order valence-corrected chi connectivity index (χ0v) is 14.2. The minimum absolute atomic E-state index is 0.283. The molecule has 0 aliphatic carbocycles. The van der Waals surface area contributed by atoms with Gasteiger partial charge in [0.1, 0.15) is 18.3 Å². The number of nitrogens with zero attached hydrogens (tertiary/aromatic N) is 1. The molecule has 3 aliphatic rings. The Morgan fingerprint density at radius 3 is 2.12 bits per heavy atom. The lowest BCUT2D eigenvalue weighted by molar-refractivity contribution is -0.158. The first kappa shape index (κ1) is 16.2. The molecule has 0 aromatic heterocycles. The van der Waals surface area contributed by atoms with Gasteiger partial charge in [-0.3, -0.25) is 14.4 Å². The highest BCUT2D eigenvalue weighted by Gasteiger charge is 2.70. The van der Waals surface area contributed by atoms with Crippen LogP contribution >= 0.6 is 0 Å². The quantitative estimate of drug-likeness (QED) is 0.596. The molecule has 0 radical (unpaired) electrons. The molecule has 25 heavy (non-hydrogen) atoms. The van der Waals surface area contributed by atoms with Crippen molar-refractivity contribution in [3.05, 3.63) is 29.8 Å². The Hall–Kier alpha value is -2.25. The van der Waals surface area contributed by atoms with Crippen molar-refractivity contribution < 1.29 is 28.6 Å². The van der Waals surface area contributed by atoms with E-state index in [1.807, 2.05) is 19.1 Å². The van der Waals surface area contributed by atoms with Crippen LogP contribution < -0.4 is 4.90 Å². The first-order valence-electron chi connectivity index (χ1n) is 8.24. The van der Waals surface area contributed by atoms with E-state index >= 15 is 0 Å². The van der Waals surface area contributed by atoms with Crippen molar-refractivity contribution >= 4 is 23.5 Å². The monoisotopic (exact) mass is 345 g/mol. The molecule has 1 aromatic carbocycles. The van der Waals surface area contributed by atoms with Crippen LogP contribution in [0.15, 0.2) is 24.3 Å². The highest BCUT2D eigenvalue weighted by Crippen LogP contribution is 2.51. The van der Waals surface area contributed by atoms with Gasteiger partial charge >= 0.3 is 5.97 Å². The van der Waals surface area contributed by atoms with Crippen LogP contribution in [0.5, 0.6) is 0 Å². The number of benzene rings is 1. The molecule has 3 heterocycles. The maximum Gasteiger partial charge on any atom is 0.303 e. The van der Waals surface area contributed by atoms with E-state index in [2.05, 4.69) is 0 Å². The molecule has 4 rings (SSSR count). The van der Waals surface area contributed by atoms with Gasteiger partial charge < -0.3 is 14.2 Å². The summed E-state index contributed by atoms with van der Waals surface area (Å²) >= 11 is 0. The number of carbonyl (C=O) groups excluding carboxylic acids is 3. The molecule has 2 amide bonds. The van der Waals surface area contributed by atoms with Crippen molar-refractivity contribution in [2.75, 3.05) is 12.0 Å². The SMILES string of the molecule is COC1C(OC(C)=O)C2OC1C1C(=O)N(c3ccc(C)cc3)C(=O)C21. The summed E-state index contributed by atoms with van der Waals surface area (Å²) in [7, 11) is 1.49. The van der Waals surface area contributed by atoms with E-state index < -0.39 is 42.2 Å². The van der Waals surface area contributed by atoms with Gasteiger partial charge in [-0.05, 0) is 19.1 Å². The minimum atomic E-state index is -0.677. The fourth-order valence-electron chi connectivity index (χ4n) is 4.23. The van der Waals surface area contributed by atoms with Crippen LogP contribution in [0.3, 0.4) is 0 Å². The van der Waals surface area contributed by atoms with Crippen LogP contribution in [0.2, 0.25) is 0 Å². The molecule has 132 valence electrons. The van der Waals surface area contributed by atoms with Crippen LogP contribution in [0, 0.1) is 18.8 Å². The Morgan fingerprint density at radius 1 is 1.04 bits per heavy atom. The molecule has 7 heteroatoms. The predicted octanol–water partition coefficient (Wildman–Crippen LogP) is 0.828. The van der Waals surface area contributed by atoms with E-state index in [0.29, 0.717) is 5.69 Å². The zero-order chi connectivity index (χ0) is 17.9. The number of rotatable bonds is 3. The number of amides is 2. The molecule has 0 N–H and O–H groups in total. The van der Waals surface area contributed by atoms with Gasteiger partial charge in [0.25, 0.3) is 0 Å². The summed E-state index contributed by atoms with van der Waals surface area (Å²) in [5.41, 5.74) is 1.59. The number of carbonyl (C=O) groups is 3. The summed E-state index contributed by atoms with van der Waals surface area (Å²) in [5.74, 6) is -2.30. The van der Waals surface area contributed by atoms with Gasteiger partial charge in [0.15, 0.2) is 6.10 Å². The second kappa shape index (κ2) is 5.64. The van der Waals surface area contributed by atoms with E-state index in [1.54, 1.807) is 12.1 Å². The lowest BCUT2D eigenvalue weighted by Gasteiger charge is -2.30. The van der Waals surface area contributed by atoms with E-state index in [0.717, 1.165) is 5.56 Å². The van der Waals surface area contributed by atoms with Crippen LogP contribution in [0.4, 0.5) is 5.69 Å². The molecule has 3 fully saturated rings. The average Bonchev–Trinajstić information content (AvgIpc) is 3.18. The average molecular weight is 345 g/mol. The number of anilines is 1. The first-order valence-corrected chi connectivity index (χ1v) is 8.24. The number of fused-ring (bicyclic) bond motifs is 5. The molecule has 0 spiro atoms. The maximum atomic E-state index is 12.9. The van der Waals surface area contributed by atoms with Gasteiger partial charge in [-0.1, -0.05) is 17.7 Å². The van der Waals surface area contributed by atoms with Gasteiger partial charge in [0.2, 0.25) is 11.8 Å². The lowest BCUT2D eigenvalue weighted by atomic mass is 9.78. The van der Waals surface area contributed by atoms with Crippen LogP contribution in [-0.4, -0.2) is 49.3 Å². The van der Waals surface area contributed by atoms with Gasteiger partial charge in [-0.2, -0.15) is 0 Å². The largest absolute Gasteiger partial charge is 0.457 e. The highest BCUT2D eigenvalue weighted by molar-refractivity contribution is 6.22. The Morgan fingerprint density at radius 2 is 1.60 bits per heavy atom. The van der Waals surface area contributed by atoms with Crippen molar-refractivity contribution in [3.8, 4) is 0 Å². The lowest BCUT2D eigenvalue weighted by Crippen LogP contribution is -2.50. The number of ether oxygens (including phenoxy) is 3. The Bertz CT molecular complexity index is 744. The molecule has 3 aliphatic heterocycles. The summed E-state index contributed by atoms with van der Waals surface area (Å²) < 4.78 is 16.6. The maximum absolute atomic E-state index is 12.9. The normalized spacial score (nSPS) is 36.0. The number of hydrogen-bond donors (Lipinski definition) is 0. The number of hydrogen-bond acceptors (Lipinski definition) is 6. The summed E-state index contributed by atoms with van der Waals surface area (Å²) in [6.07, 6.45) is -2.47. The highest BCUT2D eigenvalue weighted by atomic mass is 16.6. The topological polar surface area (TPSA) is 82.1 Å². The van der Waals surface area contributed by atoms with Crippen LogP contribution in [0.25, 0.3) is 0 Å². The third-order valence-electron chi connectivity index (χ3n) is 5.26. The Balaban J connectivity index is 1.68. The van der Waals surface area contributed by atoms with E-state index in [-0.39, 0.29) is 11.8 Å². The fraction of sp³-hybridized carbons (Fsp3) is 0.500. The summed E-state index contributed by atoms with van der Waals surface area (Å²) in [4.78, 5) is 38.5. The van der Waals surface area contributed by atoms with Crippen molar-refractivity contribution in [3.63, 3.8) is 0 Å². The van der Waals surface area contributed by atoms with E-state index in [1.165, 1.54) is 18.9 Å². The standard InChI is InChI=1S/C18H19NO6/c1-8-4-6-10(7-5-8)19-17(21)11-12(18(19)22)14-16(24-9(2)20)15(23-3)13(11)25-14/h4-7,11-16H,1-3H3. The second-order valence-corrected chi connectivity index (χ2v) is 6.74. The smallest absolute Gasteiger partial charge is 0.303 e. The van der Waals surface area contributed by atoms with E-state index in [4.69, 9.17) is 14.2 Å². The summed E-state index contributed by atoms with van der Waals surface area (Å²) in [6, 6.07) is 7.22. The predicted molar refractivity (Wildman–Crippen MR) is 85.7 cm³/mol. The van der Waals surface area contributed by atoms with Crippen molar-refractivity contribution in [1.82, 2.24) is 0 Å². The molecule has 6 unspecified atom stereocenters. The third kappa shape index (κ3) is 2.22. The number of imide groups is 1. The number of esters is 1. The zero-order valence-electron chi connectivity index (χ0n) is 14.2. The molecule has 1 aromatic rings. The molecule has 0 saturated carbocycles. The molecular weight excluding hydrogens is 326 g/mol.